The van der Waals surface area contributed by atoms with Gasteiger partial charge >= 0.3 is 6.03 Å². The Morgan fingerprint density at radius 3 is 2.47 bits per heavy atom. The van der Waals surface area contributed by atoms with E-state index in [1.807, 2.05) is 54.6 Å². The van der Waals surface area contributed by atoms with Gasteiger partial charge < -0.3 is 10.6 Å². The first-order chi connectivity index (χ1) is 9.29. The first-order valence-electron chi connectivity index (χ1n) is 5.80. The number of nitrogens with one attached hydrogen (secondary N) is 2. The standard InChI is InChI=1S/C15H14N2OS/c1-2-16-15(18)17-13-10-6-7-11-14(13)19-12-8-4-3-5-9-12/h2-11H,1H2,(H2,16,17,18). The van der Waals surface area contributed by atoms with Crippen molar-refractivity contribution < 1.29 is 4.79 Å². The van der Waals surface area contributed by atoms with Crippen LogP contribution in [0, 0.1) is 0 Å². The Morgan fingerprint density at radius 1 is 1.05 bits per heavy atom. The van der Waals surface area contributed by atoms with Gasteiger partial charge in [0.05, 0.1) is 5.69 Å². The highest BCUT2D eigenvalue weighted by Gasteiger charge is 2.06. The predicted molar refractivity (Wildman–Crippen MR) is 79.4 cm³/mol. The SMILES string of the molecule is C=CNC(=O)Nc1ccccc1Sc1ccccc1. The van der Waals surface area contributed by atoms with Crippen LogP contribution in [0.1, 0.15) is 0 Å². The second-order valence-electron chi connectivity index (χ2n) is 3.71. The van der Waals surface area contributed by atoms with Gasteiger partial charge in [0.2, 0.25) is 0 Å². The summed E-state index contributed by atoms with van der Waals surface area (Å²) in [4.78, 5) is 13.6. The maximum atomic E-state index is 11.5. The molecule has 0 aromatic heterocycles. The van der Waals surface area contributed by atoms with E-state index in [1.165, 1.54) is 6.20 Å². The Balaban J connectivity index is 2.16. The lowest BCUT2D eigenvalue weighted by molar-refractivity contribution is 0.255. The largest absolute Gasteiger partial charge is 0.323 e. The Bertz CT molecular complexity index is 569. The molecular formula is C15H14N2OS. The number of anilines is 1. The van der Waals surface area contributed by atoms with Gasteiger partial charge in [-0.25, -0.2) is 4.79 Å². The van der Waals surface area contributed by atoms with Crippen LogP contribution in [-0.2, 0) is 0 Å². The fourth-order valence-electron chi connectivity index (χ4n) is 1.53. The van der Waals surface area contributed by atoms with Crippen LogP contribution in [-0.4, -0.2) is 6.03 Å². The molecule has 0 radical (unpaired) electrons. The molecule has 0 aliphatic carbocycles. The van der Waals surface area contributed by atoms with Crippen LogP contribution < -0.4 is 10.6 Å². The van der Waals surface area contributed by atoms with E-state index in [4.69, 9.17) is 0 Å². The van der Waals surface area contributed by atoms with Crippen molar-refractivity contribution in [1.82, 2.24) is 5.32 Å². The molecule has 0 fully saturated rings. The minimum atomic E-state index is -0.295. The quantitative estimate of drug-likeness (QED) is 0.878. The van der Waals surface area contributed by atoms with Crippen molar-refractivity contribution in [2.24, 2.45) is 0 Å². The van der Waals surface area contributed by atoms with E-state index in [0.29, 0.717) is 0 Å². The third-order valence-electron chi connectivity index (χ3n) is 2.34. The number of urea groups is 1. The topological polar surface area (TPSA) is 41.1 Å². The predicted octanol–water partition coefficient (Wildman–Crippen LogP) is 4.10. The highest BCUT2D eigenvalue weighted by atomic mass is 32.2. The fraction of sp³-hybridized carbons (Fsp3) is 0. The molecule has 0 unspecified atom stereocenters. The molecule has 0 bridgehead atoms. The molecule has 2 aromatic carbocycles. The Kier molecular flexibility index (Phi) is 4.64. The van der Waals surface area contributed by atoms with Gasteiger partial charge in [0.15, 0.2) is 0 Å². The number of hydrogen-bond donors (Lipinski definition) is 2. The fourth-order valence-corrected chi connectivity index (χ4v) is 2.45. The summed E-state index contributed by atoms with van der Waals surface area (Å²) >= 11 is 1.61. The molecule has 2 rings (SSSR count). The smallest absolute Gasteiger partial charge is 0.315 e. The Morgan fingerprint density at radius 2 is 1.74 bits per heavy atom. The zero-order chi connectivity index (χ0) is 13.5. The average Bonchev–Trinajstić information content (AvgIpc) is 2.42. The first-order valence-corrected chi connectivity index (χ1v) is 6.61. The molecule has 19 heavy (non-hydrogen) atoms. The van der Waals surface area contributed by atoms with Gasteiger partial charge in [-0.05, 0) is 30.5 Å². The maximum Gasteiger partial charge on any atom is 0.323 e. The van der Waals surface area contributed by atoms with Crippen molar-refractivity contribution in [3.8, 4) is 0 Å². The third-order valence-corrected chi connectivity index (χ3v) is 3.42. The van der Waals surface area contributed by atoms with E-state index < -0.39 is 0 Å². The molecule has 3 nitrogen and oxygen atoms in total. The van der Waals surface area contributed by atoms with Crippen LogP contribution in [0.4, 0.5) is 10.5 Å². The van der Waals surface area contributed by atoms with Crippen LogP contribution in [0.2, 0.25) is 0 Å². The van der Waals surface area contributed by atoms with Gasteiger partial charge in [0.1, 0.15) is 0 Å². The van der Waals surface area contributed by atoms with Crippen molar-refractivity contribution >= 4 is 23.5 Å². The molecule has 0 atom stereocenters. The minimum absolute atomic E-state index is 0.295. The first kappa shape index (κ1) is 13.2. The highest BCUT2D eigenvalue weighted by molar-refractivity contribution is 7.99. The summed E-state index contributed by atoms with van der Waals surface area (Å²) in [5, 5.41) is 5.28. The van der Waals surface area contributed by atoms with Crippen molar-refractivity contribution in [3.63, 3.8) is 0 Å². The molecule has 2 N–H and O–H groups in total. The van der Waals surface area contributed by atoms with Crippen LogP contribution in [0.5, 0.6) is 0 Å². The Hall–Kier alpha value is -2.20. The van der Waals surface area contributed by atoms with Crippen molar-refractivity contribution in [2.75, 3.05) is 5.32 Å². The van der Waals surface area contributed by atoms with Gasteiger partial charge in [-0.1, -0.05) is 48.7 Å². The van der Waals surface area contributed by atoms with Crippen LogP contribution in [0.25, 0.3) is 0 Å². The molecule has 96 valence electrons. The average molecular weight is 270 g/mol. The van der Waals surface area contributed by atoms with E-state index in [-0.39, 0.29) is 6.03 Å². The lowest BCUT2D eigenvalue weighted by atomic mass is 10.3. The number of rotatable bonds is 4. The second-order valence-corrected chi connectivity index (χ2v) is 4.83. The van der Waals surface area contributed by atoms with Crippen molar-refractivity contribution in [1.29, 1.82) is 0 Å². The van der Waals surface area contributed by atoms with Crippen LogP contribution in [0.15, 0.2) is 77.2 Å². The highest BCUT2D eigenvalue weighted by Crippen LogP contribution is 2.32. The number of carbonyl (C=O) groups excluding carboxylic acids is 1. The summed E-state index contributed by atoms with van der Waals surface area (Å²) in [5.41, 5.74) is 0.774. The lowest BCUT2D eigenvalue weighted by Crippen LogP contribution is -2.23. The van der Waals surface area contributed by atoms with Gasteiger partial charge in [-0.2, -0.15) is 0 Å². The molecule has 2 aromatic rings. The van der Waals surface area contributed by atoms with E-state index in [1.54, 1.807) is 11.8 Å². The summed E-state index contributed by atoms with van der Waals surface area (Å²) < 4.78 is 0. The van der Waals surface area contributed by atoms with Crippen LogP contribution in [0.3, 0.4) is 0 Å². The summed E-state index contributed by atoms with van der Waals surface area (Å²) in [7, 11) is 0. The molecule has 0 aliphatic heterocycles. The van der Waals surface area contributed by atoms with Gasteiger partial charge in [-0.3, -0.25) is 0 Å². The van der Waals surface area contributed by atoms with Crippen molar-refractivity contribution in [3.05, 3.63) is 67.4 Å². The Labute approximate surface area is 116 Å². The third kappa shape index (κ3) is 3.89. The minimum Gasteiger partial charge on any atom is -0.315 e. The molecular weight excluding hydrogens is 256 g/mol. The van der Waals surface area contributed by atoms with Gasteiger partial charge in [-0.15, -0.1) is 0 Å². The number of amides is 2. The van der Waals surface area contributed by atoms with E-state index in [0.717, 1.165) is 15.5 Å². The molecule has 0 saturated carbocycles. The summed E-state index contributed by atoms with van der Waals surface area (Å²) in [5.74, 6) is 0. The van der Waals surface area contributed by atoms with E-state index >= 15 is 0 Å². The zero-order valence-corrected chi connectivity index (χ0v) is 11.1. The number of hydrogen-bond acceptors (Lipinski definition) is 2. The molecule has 2 amide bonds. The van der Waals surface area contributed by atoms with Gasteiger partial charge in [0, 0.05) is 9.79 Å². The summed E-state index contributed by atoms with van der Waals surface area (Å²) in [6.45, 7) is 3.46. The number of benzene rings is 2. The van der Waals surface area contributed by atoms with Crippen LogP contribution >= 0.6 is 11.8 Å². The monoisotopic (exact) mass is 270 g/mol. The summed E-state index contributed by atoms with van der Waals surface area (Å²) in [6.07, 6.45) is 1.35. The lowest BCUT2D eigenvalue weighted by Gasteiger charge is -2.10. The number of carbonyl (C=O) groups is 1. The molecule has 0 heterocycles. The zero-order valence-electron chi connectivity index (χ0n) is 10.3. The van der Waals surface area contributed by atoms with Gasteiger partial charge in [0.25, 0.3) is 0 Å². The molecule has 4 heteroatoms. The maximum absolute atomic E-state index is 11.5. The van der Waals surface area contributed by atoms with E-state index in [2.05, 4.69) is 17.2 Å². The van der Waals surface area contributed by atoms with E-state index in [9.17, 15) is 4.79 Å². The number of para-hydroxylation sites is 1. The normalized spacial score (nSPS) is 9.68. The van der Waals surface area contributed by atoms with Crippen molar-refractivity contribution in [2.45, 2.75) is 9.79 Å². The molecule has 0 aliphatic rings. The molecule has 0 saturated heterocycles. The second kappa shape index (κ2) is 6.66. The molecule has 0 spiro atoms. The summed E-state index contributed by atoms with van der Waals surface area (Å²) in [6, 6.07) is 17.4.